The SMILES string of the molecule is CN(C)CCOCCNCc1ccc(Br)cn1. The van der Waals surface area contributed by atoms with Crippen molar-refractivity contribution in [3.8, 4) is 0 Å². The summed E-state index contributed by atoms with van der Waals surface area (Å²) in [5.41, 5.74) is 1.04. The number of aromatic nitrogens is 1. The minimum absolute atomic E-state index is 0.740. The second kappa shape index (κ2) is 8.58. The number of hydrogen-bond acceptors (Lipinski definition) is 4. The fourth-order valence-electron chi connectivity index (χ4n) is 1.22. The standard InChI is InChI=1S/C12H20BrN3O/c1-16(2)6-8-17-7-5-14-10-12-4-3-11(13)9-15-12/h3-4,9,14H,5-8,10H2,1-2H3. The van der Waals surface area contributed by atoms with Gasteiger partial charge in [0.25, 0.3) is 0 Å². The molecule has 0 amide bonds. The Bertz CT molecular complexity index is 303. The van der Waals surface area contributed by atoms with Crippen LogP contribution in [-0.4, -0.2) is 50.3 Å². The van der Waals surface area contributed by atoms with Gasteiger partial charge in [-0.25, -0.2) is 0 Å². The Morgan fingerprint density at radius 3 is 2.82 bits per heavy atom. The lowest BCUT2D eigenvalue weighted by Crippen LogP contribution is -2.23. The van der Waals surface area contributed by atoms with Gasteiger partial charge in [0.1, 0.15) is 0 Å². The summed E-state index contributed by atoms with van der Waals surface area (Å²) in [6.07, 6.45) is 1.81. The number of nitrogens with zero attached hydrogens (tertiary/aromatic N) is 2. The van der Waals surface area contributed by atoms with Gasteiger partial charge in [-0.3, -0.25) is 4.98 Å². The number of rotatable bonds is 8. The smallest absolute Gasteiger partial charge is 0.0593 e. The molecule has 0 radical (unpaired) electrons. The molecule has 1 rings (SSSR count). The van der Waals surface area contributed by atoms with Crippen molar-refractivity contribution >= 4 is 15.9 Å². The molecule has 0 saturated heterocycles. The molecule has 0 aliphatic rings. The van der Waals surface area contributed by atoms with E-state index in [-0.39, 0.29) is 0 Å². The van der Waals surface area contributed by atoms with Gasteiger partial charge in [0, 0.05) is 30.3 Å². The minimum atomic E-state index is 0.740. The minimum Gasteiger partial charge on any atom is -0.379 e. The van der Waals surface area contributed by atoms with E-state index in [1.54, 1.807) is 0 Å². The van der Waals surface area contributed by atoms with Crippen LogP contribution in [-0.2, 0) is 11.3 Å². The van der Waals surface area contributed by atoms with E-state index in [4.69, 9.17) is 4.74 Å². The Kier molecular flexibility index (Phi) is 7.35. The summed E-state index contributed by atoms with van der Waals surface area (Å²) < 4.78 is 6.48. The van der Waals surface area contributed by atoms with Crippen molar-refractivity contribution in [3.63, 3.8) is 0 Å². The van der Waals surface area contributed by atoms with Gasteiger partial charge in [-0.2, -0.15) is 0 Å². The van der Waals surface area contributed by atoms with E-state index >= 15 is 0 Å². The van der Waals surface area contributed by atoms with Gasteiger partial charge < -0.3 is 15.0 Å². The van der Waals surface area contributed by atoms with Crippen molar-refractivity contribution in [1.82, 2.24) is 15.2 Å². The summed E-state index contributed by atoms with van der Waals surface area (Å²) in [5.74, 6) is 0. The zero-order valence-corrected chi connectivity index (χ0v) is 12.0. The molecule has 0 aliphatic heterocycles. The maximum atomic E-state index is 5.47. The molecule has 1 heterocycles. The van der Waals surface area contributed by atoms with Crippen molar-refractivity contribution in [2.24, 2.45) is 0 Å². The summed E-state index contributed by atoms with van der Waals surface area (Å²) >= 11 is 3.36. The first kappa shape index (κ1) is 14.6. The van der Waals surface area contributed by atoms with Gasteiger partial charge in [-0.1, -0.05) is 0 Å². The second-order valence-corrected chi connectivity index (χ2v) is 4.98. The van der Waals surface area contributed by atoms with E-state index in [1.807, 2.05) is 32.4 Å². The molecule has 4 nitrogen and oxygen atoms in total. The molecule has 1 aromatic heterocycles. The lowest BCUT2D eigenvalue weighted by Gasteiger charge is -2.10. The molecular formula is C12H20BrN3O. The van der Waals surface area contributed by atoms with Crippen LogP contribution in [0.15, 0.2) is 22.8 Å². The van der Waals surface area contributed by atoms with Crippen molar-refractivity contribution < 1.29 is 4.74 Å². The number of hydrogen-bond donors (Lipinski definition) is 1. The Hall–Kier alpha value is -0.490. The lowest BCUT2D eigenvalue weighted by molar-refractivity contribution is 0.119. The van der Waals surface area contributed by atoms with Crippen LogP contribution < -0.4 is 5.32 Å². The Morgan fingerprint density at radius 1 is 1.35 bits per heavy atom. The predicted octanol–water partition coefficient (Wildman–Crippen LogP) is 1.51. The summed E-state index contributed by atoms with van der Waals surface area (Å²) in [5, 5.41) is 3.29. The quantitative estimate of drug-likeness (QED) is 0.739. The van der Waals surface area contributed by atoms with E-state index in [1.165, 1.54) is 0 Å². The fraction of sp³-hybridized carbons (Fsp3) is 0.583. The van der Waals surface area contributed by atoms with E-state index in [9.17, 15) is 0 Å². The van der Waals surface area contributed by atoms with Gasteiger partial charge >= 0.3 is 0 Å². The van der Waals surface area contributed by atoms with Gasteiger partial charge in [-0.15, -0.1) is 0 Å². The molecule has 0 spiro atoms. The number of ether oxygens (including phenoxy) is 1. The molecule has 17 heavy (non-hydrogen) atoms. The van der Waals surface area contributed by atoms with Gasteiger partial charge in [0.15, 0.2) is 0 Å². The molecule has 5 heteroatoms. The lowest BCUT2D eigenvalue weighted by atomic mass is 10.3. The average molecular weight is 302 g/mol. The van der Waals surface area contributed by atoms with E-state index in [2.05, 4.69) is 31.1 Å². The van der Waals surface area contributed by atoms with E-state index in [0.29, 0.717) is 0 Å². The van der Waals surface area contributed by atoms with E-state index < -0.39 is 0 Å². The fourth-order valence-corrected chi connectivity index (χ4v) is 1.46. The van der Waals surface area contributed by atoms with Crippen molar-refractivity contribution in [3.05, 3.63) is 28.5 Å². The van der Waals surface area contributed by atoms with Crippen LogP contribution in [0.4, 0.5) is 0 Å². The maximum absolute atomic E-state index is 5.47. The first-order valence-electron chi connectivity index (χ1n) is 5.72. The molecule has 1 aromatic rings. The Balaban J connectivity index is 1.99. The highest BCUT2D eigenvalue weighted by molar-refractivity contribution is 9.10. The number of nitrogens with one attached hydrogen (secondary N) is 1. The molecule has 96 valence electrons. The third kappa shape index (κ3) is 7.44. The zero-order chi connectivity index (χ0) is 12.5. The summed E-state index contributed by atoms with van der Waals surface area (Å²) in [4.78, 5) is 6.39. The largest absolute Gasteiger partial charge is 0.379 e. The molecule has 1 N–H and O–H groups in total. The van der Waals surface area contributed by atoms with Crippen LogP contribution in [0.3, 0.4) is 0 Å². The summed E-state index contributed by atoms with van der Waals surface area (Å²) in [6.45, 7) is 4.12. The second-order valence-electron chi connectivity index (χ2n) is 4.06. The highest BCUT2D eigenvalue weighted by Crippen LogP contribution is 2.06. The van der Waals surface area contributed by atoms with Crippen molar-refractivity contribution in [2.45, 2.75) is 6.54 Å². The third-order valence-corrected chi connectivity index (χ3v) is 2.67. The number of likely N-dealkylation sites (N-methyl/N-ethyl adjacent to an activating group) is 1. The monoisotopic (exact) mass is 301 g/mol. The molecule has 0 unspecified atom stereocenters. The third-order valence-electron chi connectivity index (χ3n) is 2.20. The topological polar surface area (TPSA) is 37.4 Å². The van der Waals surface area contributed by atoms with Crippen LogP contribution in [0.5, 0.6) is 0 Å². The zero-order valence-electron chi connectivity index (χ0n) is 10.4. The van der Waals surface area contributed by atoms with Crippen LogP contribution in [0, 0.1) is 0 Å². The van der Waals surface area contributed by atoms with E-state index in [0.717, 1.165) is 43.0 Å². The highest BCUT2D eigenvalue weighted by Gasteiger charge is 1.95. The first-order valence-corrected chi connectivity index (χ1v) is 6.51. The van der Waals surface area contributed by atoms with Crippen LogP contribution in [0.2, 0.25) is 0 Å². The van der Waals surface area contributed by atoms with Gasteiger partial charge in [0.05, 0.1) is 18.9 Å². The Morgan fingerprint density at radius 2 is 2.18 bits per heavy atom. The summed E-state index contributed by atoms with van der Waals surface area (Å²) in [7, 11) is 4.08. The molecule has 0 aliphatic carbocycles. The normalized spacial score (nSPS) is 11.1. The van der Waals surface area contributed by atoms with Crippen molar-refractivity contribution in [1.29, 1.82) is 0 Å². The van der Waals surface area contributed by atoms with Gasteiger partial charge in [0.2, 0.25) is 0 Å². The number of pyridine rings is 1. The summed E-state index contributed by atoms with van der Waals surface area (Å²) in [6, 6.07) is 4.00. The Labute approximate surface area is 111 Å². The molecule has 0 fully saturated rings. The molecule has 0 saturated carbocycles. The van der Waals surface area contributed by atoms with Crippen molar-refractivity contribution in [2.75, 3.05) is 40.4 Å². The van der Waals surface area contributed by atoms with Crippen LogP contribution >= 0.6 is 15.9 Å². The molecule has 0 bridgehead atoms. The average Bonchev–Trinajstić information content (AvgIpc) is 2.30. The molecule has 0 atom stereocenters. The first-order chi connectivity index (χ1) is 8.18. The van der Waals surface area contributed by atoms with Gasteiger partial charge in [-0.05, 0) is 42.2 Å². The predicted molar refractivity (Wildman–Crippen MR) is 73.0 cm³/mol. The highest BCUT2D eigenvalue weighted by atomic mass is 79.9. The molecular weight excluding hydrogens is 282 g/mol. The maximum Gasteiger partial charge on any atom is 0.0593 e. The van der Waals surface area contributed by atoms with Crippen LogP contribution in [0.25, 0.3) is 0 Å². The molecule has 0 aromatic carbocycles. The number of halogens is 1. The van der Waals surface area contributed by atoms with Crippen LogP contribution in [0.1, 0.15) is 5.69 Å².